The van der Waals surface area contributed by atoms with Gasteiger partial charge in [-0.15, -0.1) is 0 Å². The second-order valence-electron chi connectivity index (χ2n) is 8.63. The van der Waals surface area contributed by atoms with Crippen LogP contribution in [0.5, 0.6) is 17.2 Å². The lowest BCUT2D eigenvalue weighted by molar-refractivity contribution is 0.308. The largest absolute Gasteiger partial charge is 0.493 e. The maximum atomic E-state index is 6.31. The van der Waals surface area contributed by atoms with E-state index in [0.717, 1.165) is 27.2 Å². The molecule has 3 heterocycles. The van der Waals surface area contributed by atoms with Gasteiger partial charge in [0.2, 0.25) is 0 Å². The molecular formula is C25H27N4O3. The van der Waals surface area contributed by atoms with E-state index in [0.29, 0.717) is 35.4 Å². The maximum absolute atomic E-state index is 6.31. The number of nitrogens with two attached hydrogens (primary N) is 1. The smallest absolute Gasteiger partial charge is 0.162 e. The van der Waals surface area contributed by atoms with Crippen LogP contribution in [0.2, 0.25) is 0 Å². The summed E-state index contributed by atoms with van der Waals surface area (Å²) in [5.74, 6) is 2.32. The van der Waals surface area contributed by atoms with Crippen LogP contribution in [0.15, 0.2) is 42.9 Å². The quantitative estimate of drug-likeness (QED) is 0.426. The number of anilines is 1. The first kappa shape index (κ1) is 21.6. The SMILES string of the molecule is COc1cc2ncc3c(N)nc(-c4cncc(OC[CH]C(C)(C)C)c4)cc3c2cc1OC. The van der Waals surface area contributed by atoms with Gasteiger partial charge < -0.3 is 19.9 Å². The summed E-state index contributed by atoms with van der Waals surface area (Å²) in [7, 11) is 3.21. The Balaban J connectivity index is 1.78. The highest BCUT2D eigenvalue weighted by Crippen LogP contribution is 2.37. The number of fused-ring (bicyclic) bond motifs is 3. The molecule has 0 aliphatic heterocycles. The van der Waals surface area contributed by atoms with Crippen LogP contribution in [0.3, 0.4) is 0 Å². The van der Waals surface area contributed by atoms with E-state index in [9.17, 15) is 0 Å². The number of nitrogens with zero attached hydrogens (tertiary/aromatic N) is 3. The lowest BCUT2D eigenvalue weighted by Gasteiger charge is -2.17. The fourth-order valence-electron chi connectivity index (χ4n) is 3.43. The molecule has 0 aliphatic carbocycles. The van der Waals surface area contributed by atoms with E-state index in [2.05, 4.69) is 42.1 Å². The Labute approximate surface area is 187 Å². The Bertz CT molecular complexity index is 1280. The molecule has 2 N–H and O–H groups in total. The van der Waals surface area contributed by atoms with Gasteiger partial charge in [0.15, 0.2) is 11.5 Å². The minimum atomic E-state index is 0.0816. The van der Waals surface area contributed by atoms with Gasteiger partial charge in [-0.1, -0.05) is 20.8 Å². The highest BCUT2D eigenvalue weighted by molar-refractivity contribution is 6.10. The molecule has 0 atom stereocenters. The Kier molecular flexibility index (Phi) is 5.74. The number of aromatic nitrogens is 3. The fraction of sp³-hybridized carbons (Fsp3) is 0.280. The van der Waals surface area contributed by atoms with E-state index in [1.807, 2.05) is 24.3 Å². The van der Waals surface area contributed by atoms with E-state index in [4.69, 9.17) is 19.9 Å². The first-order chi connectivity index (χ1) is 15.3. The molecule has 0 unspecified atom stereocenters. The van der Waals surface area contributed by atoms with Gasteiger partial charge in [0.25, 0.3) is 0 Å². The molecule has 0 bridgehead atoms. The van der Waals surface area contributed by atoms with Gasteiger partial charge in [-0.25, -0.2) is 4.98 Å². The third-order valence-corrected chi connectivity index (χ3v) is 5.17. The van der Waals surface area contributed by atoms with Crippen molar-refractivity contribution in [2.75, 3.05) is 26.6 Å². The first-order valence-electron chi connectivity index (χ1n) is 10.3. The molecule has 0 fully saturated rings. The highest BCUT2D eigenvalue weighted by atomic mass is 16.5. The van der Waals surface area contributed by atoms with E-state index >= 15 is 0 Å². The van der Waals surface area contributed by atoms with Crippen molar-refractivity contribution in [1.82, 2.24) is 15.0 Å². The van der Waals surface area contributed by atoms with Crippen molar-refractivity contribution >= 4 is 27.5 Å². The lowest BCUT2D eigenvalue weighted by Crippen LogP contribution is -2.12. The molecule has 0 saturated heterocycles. The predicted molar refractivity (Wildman–Crippen MR) is 127 cm³/mol. The summed E-state index contributed by atoms with van der Waals surface area (Å²) < 4.78 is 16.8. The van der Waals surface area contributed by atoms with Crippen molar-refractivity contribution in [2.45, 2.75) is 20.8 Å². The van der Waals surface area contributed by atoms with Gasteiger partial charge in [0, 0.05) is 41.2 Å². The summed E-state index contributed by atoms with van der Waals surface area (Å²) in [6, 6.07) is 7.67. The molecular weight excluding hydrogens is 404 g/mol. The number of hydrogen-bond acceptors (Lipinski definition) is 7. The minimum Gasteiger partial charge on any atom is -0.493 e. The second-order valence-corrected chi connectivity index (χ2v) is 8.63. The van der Waals surface area contributed by atoms with Gasteiger partial charge in [-0.05, 0) is 29.0 Å². The maximum Gasteiger partial charge on any atom is 0.162 e. The van der Waals surface area contributed by atoms with Crippen LogP contribution in [0.25, 0.3) is 32.9 Å². The van der Waals surface area contributed by atoms with Gasteiger partial charge in [0.05, 0.1) is 38.2 Å². The Morgan fingerprint density at radius 1 is 0.906 bits per heavy atom. The van der Waals surface area contributed by atoms with E-state index in [1.54, 1.807) is 32.8 Å². The van der Waals surface area contributed by atoms with Crippen LogP contribution < -0.4 is 19.9 Å². The molecule has 32 heavy (non-hydrogen) atoms. The Morgan fingerprint density at radius 2 is 1.66 bits per heavy atom. The molecule has 7 heteroatoms. The van der Waals surface area contributed by atoms with Crippen LogP contribution in [-0.2, 0) is 0 Å². The predicted octanol–water partition coefficient (Wildman–Crippen LogP) is 5.07. The normalized spacial score (nSPS) is 11.7. The summed E-state index contributed by atoms with van der Waals surface area (Å²) >= 11 is 0. The van der Waals surface area contributed by atoms with Crippen molar-refractivity contribution in [3.05, 3.63) is 49.3 Å². The Morgan fingerprint density at radius 3 is 2.38 bits per heavy atom. The molecule has 0 aliphatic rings. The minimum absolute atomic E-state index is 0.0816. The van der Waals surface area contributed by atoms with Crippen molar-refractivity contribution in [3.63, 3.8) is 0 Å². The zero-order valence-corrected chi connectivity index (χ0v) is 19.0. The standard InChI is InChI=1S/C25H27N4O3/c1-25(2,3)6-7-32-16-8-15(12-27-13-16)20-9-17-18-10-22(30-4)23(31-5)11-21(18)28-14-19(17)24(26)29-20/h6,8-14H,7H2,1-5H3,(H2,26,29). The fourth-order valence-corrected chi connectivity index (χ4v) is 3.43. The van der Waals surface area contributed by atoms with Gasteiger partial charge in [-0.3, -0.25) is 9.97 Å². The zero-order chi connectivity index (χ0) is 22.9. The van der Waals surface area contributed by atoms with Crippen LogP contribution in [0, 0.1) is 11.8 Å². The third-order valence-electron chi connectivity index (χ3n) is 5.17. The number of methoxy groups -OCH3 is 2. The lowest BCUT2D eigenvalue weighted by atomic mass is 9.93. The van der Waals surface area contributed by atoms with Crippen molar-refractivity contribution < 1.29 is 14.2 Å². The Hall–Kier alpha value is -3.61. The summed E-state index contributed by atoms with van der Waals surface area (Å²) in [6.07, 6.45) is 7.30. The molecule has 1 radical (unpaired) electrons. The van der Waals surface area contributed by atoms with E-state index in [-0.39, 0.29) is 5.41 Å². The average molecular weight is 432 g/mol. The number of ether oxygens (including phenoxy) is 3. The molecule has 7 nitrogen and oxygen atoms in total. The molecule has 0 spiro atoms. The molecule has 4 rings (SSSR count). The molecule has 165 valence electrons. The monoisotopic (exact) mass is 431 g/mol. The summed E-state index contributed by atoms with van der Waals surface area (Å²) in [6.45, 7) is 6.91. The zero-order valence-electron chi connectivity index (χ0n) is 19.0. The van der Waals surface area contributed by atoms with Crippen molar-refractivity contribution in [2.24, 2.45) is 5.41 Å². The van der Waals surface area contributed by atoms with Crippen LogP contribution in [0.1, 0.15) is 20.8 Å². The summed E-state index contributed by atoms with van der Waals surface area (Å²) in [5.41, 5.74) is 8.69. The molecule has 0 saturated carbocycles. The van der Waals surface area contributed by atoms with Gasteiger partial charge in [0.1, 0.15) is 11.6 Å². The number of benzene rings is 1. The summed E-state index contributed by atoms with van der Waals surface area (Å²) in [5, 5.41) is 2.59. The number of hydrogen-bond donors (Lipinski definition) is 1. The van der Waals surface area contributed by atoms with Gasteiger partial charge >= 0.3 is 0 Å². The first-order valence-corrected chi connectivity index (χ1v) is 10.3. The number of nitrogen functional groups attached to an aromatic ring is 1. The molecule has 1 aromatic carbocycles. The van der Waals surface area contributed by atoms with Gasteiger partial charge in [-0.2, -0.15) is 0 Å². The van der Waals surface area contributed by atoms with Crippen molar-refractivity contribution in [1.29, 1.82) is 0 Å². The van der Waals surface area contributed by atoms with E-state index < -0.39 is 0 Å². The van der Waals surface area contributed by atoms with Crippen LogP contribution >= 0.6 is 0 Å². The van der Waals surface area contributed by atoms with Crippen LogP contribution in [-0.4, -0.2) is 35.8 Å². The molecule has 0 amide bonds. The number of pyridine rings is 3. The van der Waals surface area contributed by atoms with Crippen LogP contribution in [0.4, 0.5) is 5.82 Å². The second kappa shape index (κ2) is 8.49. The van der Waals surface area contributed by atoms with E-state index in [1.165, 1.54) is 0 Å². The average Bonchev–Trinajstić information content (AvgIpc) is 2.77. The van der Waals surface area contributed by atoms with Crippen molar-refractivity contribution in [3.8, 4) is 28.5 Å². The molecule has 3 aromatic heterocycles. The highest BCUT2D eigenvalue weighted by Gasteiger charge is 2.14. The topological polar surface area (TPSA) is 92.4 Å². The summed E-state index contributed by atoms with van der Waals surface area (Å²) in [4.78, 5) is 13.5. The third kappa shape index (κ3) is 4.37. The number of rotatable bonds is 6. The molecule has 4 aromatic rings.